The summed E-state index contributed by atoms with van der Waals surface area (Å²) in [6.07, 6.45) is 0. The number of benzene rings is 4. The average Bonchev–Trinajstić information content (AvgIpc) is 2.76. The second-order valence-electron chi connectivity index (χ2n) is 7.45. The van der Waals surface area contributed by atoms with Gasteiger partial charge in [-0.1, -0.05) is 0 Å². The standard InChI is InChI=1S/C26H25As/c1-27(24-16-8-3-9-17-24,25-18-10-4-11-19-25,26-20-12-5-13-21-26)22-23-14-6-2-7-15-23/h2-21H,22H2,1H3. The zero-order valence-electron chi connectivity index (χ0n) is 15.7. The third-order valence-corrected chi connectivity index (χ3v) is 18.9. The molecule has 0 aliphatic rings. The maximum absolute atomic E-state index is 3.41. The molecule has 4 rings (SSSR count). The molecule has 0 saturated carbocycles. The van der Waals surface area contributed by atoms with Crippen LogP contribution in [0.1, 0.15) is 5.56 Å². The molecule has 0 aliphatic carbocycles. The van der Waals surface area contributed by atoms with Crippen LogP contribution in [0, 0.1) is 0 Å². The van der Waals surface area contributed by atoms with Gasteiger partial charge in [0.2, 0.25) is 0 Å². The Labute approximate surface area is 163 Å². The van der Waals surface area contributed by atoms with E-state index in [0.717, 1.165) is 5.21 Å². The summed E-state index contributed by atoms with van der Waals surface area (Å²) >= 11 is -3.41. The Morgan fingerprint density at radius 1 is 0.444 bits per heavy atom. The van der Waals surface area contributed by atoms with Crippen LogP contribution < -0.4 is 13.1 Å². The number of hydrogen-bond acceptors (Lipinski definition) is 0. The van der Waals surface area contributed by atoms with Gasteiger partial charge in [0, 0.05) is 0 Å². The Hall–Kier alpha value is -2.56. The average molecular weight is 412 g/mol. The summed E-state index contributed by atoms with van der Waals surface area (Å²) in [5, 5.41) is 1.07. The van der Waals surface area contributed by atoms with Crippen LogP contribution in [0.3, 0.4) is 0 Å². The zero-order chi connectivity index (χ0) is 18.6. The fourth-order valence-electron chi connectivity index (χ4n) is 4.26. The summed E-state index contributed by atoms with van der Waals surface area (Å²) in [6.45, 7) is 0. The van der Waals surface area contributed by atoms with Gasteiger partial charge in [-0.15, -0.1) is 0 Å². The first-order chi connectivity index (χ1) is 13.2. The zero-order valence-corrected chi connectivity index (χ0v) is 17.6. The van der Waals surface area contributed by atoms with Crippen LogP contribution in [0.5, 0.6) is 0 Å². The van der Waals surface area contributed by atoms with E-state index in [0.29, 0.717) is 0 Å². The van der Waals surface area contributed by atoms with E-state index < -0.39 is 12.5 Å². The van der Waals surface area contributed by atoms with Gasteiger partial charge < -0.3 is 0 Å². The van der Waals surface area contributed by atoms with E-state index in [1.54, 1.807) is 0 Å². The van der Waals surface area contributed by atoms with Crippen LogP contribution in [0.15, 0.2) is 121 Å². The van der Waals surface area contributed by atoms with Crippen LogP contribution in [-0.2, 0) is 5.21 Å². The second-order valence-corrected chi connectivity index (χ2v) is 18.9. The van der Waals surface area contributed by atoms with Crippen molar-refractivity contribution in [3.63, 3.8) is 0 Å². The third-order valence-electron chi connectivity index (χ3n) is 5.79. The Kier molecular flexibility index (Phi) is 4.77. The quantitative estimate of drug-likeness (QED) is 0.423. The van der Waals surface area contributed by atoms with E-state index >= 15 is 0 Å². The molecule has 0 radical (unpaired) electrons. The van der Waals surface area contributed by atoms with Gasteiger partial charge in [-0.25, -0.2) is 0 Å². The summed E-state index contributed by atoms with van der Waals surface area (Å²) in [4.78, 5) is 0. The Morgan fingerprint density at radius 3 is 1.07 bits per heavy atom. The Morgan fingerprint density at radius 2 is 0.741 bits per heavy atom. The molecule has 0 unspecified atom stereocenters. The molecule has 0 saturated heterocycles. The van der Waals surface area contributed by atoms with Gasteiger partial charge in [-0.2, -0.15) is 0 Å². The molecule has 0 N–H and O–H groups in total. The van der Waals surface area contributed by atoms with Gasteiger partial charge in [-0.3, -0.25) is 0 Å². The van der Waals surface area contributed by atoms with Gasteiger partial charge in [0.25, 0.3) is 0 Å². The normalized spacial score (nSPS) is 12.9. The van der Waals surface area contributed by atoms with Crippen LogP contribution in [0.4, 0.5) is 0 Å². The van der Waals surface area contributed by atoms with Gasteiger partial charge in [0.15, 0.2) is 0 Å². The molecule has 0 amide bonds. The fourth-order valence-corrected chi connectivity index (χ4v) is 15.8. The van der Waals surface area contributed by atoms with Crippen molar-refractivity contribution in [2.45, 2.75) is 10.9 Å². The summed E-state index contributed by atoms with van der Waals surface area (Å²) < 4.78 is 4.45. The van der Waals surface area contributed by atoms with Crippen molar-refractivity contribution in [2.75, 3.05) is 0 Å². The van der Waals surface area contributed by atoms with Gasteiger partial charge >= 0.3 is 163 Å². The van der Waals surface area contributed by atoms with Crippen molar-refractivity contribution in [3.05, 3.63) is 127 Å². The molecule has 134 valence electrons. The molecule has 0 atom stereocenters. The molecule has 27 heavy (non-hydrogen) atoms. The first-order valence-electron chi connectivity index (χ1n) is 9.43. The van der Waals surface area contributed by atoms with E-state index in [-0.39, 0.29) is 0 Å². The molecule has 0 aliphatic heterocycles. The van der Waals surface area contributed by atoms with Crippen LogP contribution in [0.2, 0.25) is 5.71 Å². The summed E-state index contributed by atoms with van der Waals surface area (Å²) in [5.74, 6) is 0. The molecule has 0 aromatic heterocycles. The van der Waals surface area contributed by atoms with Crippen LogP contribution >= 0.6 is 0 Å². The summed E-state index contributed by atoms with van der Waals surface area (Å²) in [7, 11) is 0. The van der Waals surface area contributed by atoms with Crippen LogP contribution in [0.25, 0.3) is 0 Å². The number of rotatable bonds is 5. The molecule has 0 heterocycles. The van der Waals surface area contributed by atoms with Crippen molar-refractivity contribution >= 4 is 25.5 Å². The van der Waals surface area contributed by atoms with E-state index in [1.165, 1.54) is 18.6 Å². The minimum absolute atomic E-state index is 1.07. The SMILES string of the molecule is C[As](Cc1ccccc1)(c1ccccc1)(c1ccccc1)c1ccccc1. The molecule has 0 nitrogen and oxygen atoms in total. The topological polar surface area (TPSA) is 0 Å². The van der Waals surface area contributed by atoms with Crippen molar-refractivity contribution in [1.29, 1.82) is 0 Å². The van der Waals surface area contributed by atoms with E-state index in [1.807, 2.05) is 0 Å². The van der Waals surface area contributed by atoms with Crippen molar-refractivity contribution < 1.29 is 0 Å². The third kappa shape index (κ3) is 3.05. The summed E-state index contributed by atoms with van der Waals surface area (Å²) in [6, 6.07) is 44.5. The predicted molar refractivity (Wildman–Crippen MR) is 120 cm³/mol. The first-order valence-corrected chi connectivity index (χ1v) is 15.4. The monoisotopic (exact) mass is 412 g/mol. The molecule has 1 heteroatoms. The van der Waals surface area contributed by atoms with Crippen molar-refractivity contribution in [3.8, 4) is 0 Å². The molecule has 4 aromatic rings. The minimum atomic E-state index is -3.41. The molecule has 0 fully saturated rings. The van der Waals surface area contributed by atoms with Gasteiger partial charge in [0.1, 0.15) is 0 Å². The van der Waals surface area contributed by atoms with Crippen molar-refractivity contribution in [1.82, 2.24) is 0 Å². The van der Waals surface area contributed by atoms with Gasteiger partial charge in [0.05, 0.1) is 0 Å². The molecular formula is C26H25As. The van der Waals surface area contributed by atoms with E-state index in [9.17, 15) is 0 Å². The van der Waals surface area contributed by atoms with E-state index in [4.69, 9.17) is 0 Å². The molecular weight excluding hydrogens is 387 g/mol. The fraction of sp³-hybridized carbons (Fsp3) is 0.0769. The Balaban J connectivity index is 2.09. The second kappa shape index (κ2) is 7.22. The molecule has 0 bridgehead atoms. The summed E-state index contributed by atoms with van der Waals surface area (Å²) in [5.41, 5.74) is 3.98. The molecule has 0 spiro atoms. The molecule has 4 aromatic carbocycles. The van der Waals surface area contributed by atoms with Crippen LogP contribution in [-0.4, -0.2) is 12.5 Å². The number of hydrogen-bond donors (Lipinski definition) is 0. The van der Waals surface area contributed by atoms with E-state index in [2.05, 4.69) is 127 Å². The van der Waals surface area contributed by atoms with Crippen molar-refractivity contribution in [2.24, 2.45) is 0 Å². The van der Waals surface area contributed by atoms with Gasteiger partial charge in [-0.05, 0) is 0 Å². The Bertz CT molecular complexity index is 894. The first kappa shape index (κ1) is 17.8. The maximum atomic E-state index is 2.58. The predicted octanol–water partition coefficient (Wildman–Crippen LogP) is 4.52.